The highest BCUT2D eigenvalue weighted by atomic mass is 19.1. The molecule has 0 heterocycles. The van der Waals surface area contributed by atoms with E-state index in [-0.39, 0.29) is 22.6 Å². The van der Waals surface area contributed by atoms with Crippen LogP contribution in [0, 0.1) is 19.7 Å². The van der Waals surface area contributed by atoms with E-state index in [0.717, 1.165) is 28.5 Å². The fourth-order valence-electron chi connectivity index (χ4n) is 3.73. The van der Waals surface area contributed by atoms with Gasteiger partial charge in [0.15, 0.2) is 0 Å². The van der Waals surface area contributed by atoms with E-state index < -0.39 is 23.7 Å². The zero-order valence-corrected chi connectivity index (χ0v) is 19.0. The number of para-hydroxylation sites is 1. The average Bonchev–Trinajstić information content (AvgIpc) is 2.83. The van der Waals surface area contributed by atoms with Gasteiger partial charge in [0, 0.05) is 5.69 Å². The summed E-state index contributed by atoms with van der Waals surface area (Å²) in [5, 5.41) is 19.2. The number of hydrogen-bond donors (Lipinski definition) is 4. The van der Waals surface area contributed by atoms with Gasteiger partial charge in [0.2, 0.25) is 0 Å². The molecule has 0 bridgehead atoms. The highest BCUT2D eigenvalue weighted by Crippen LogP contribution is 2.30. The lowest BCUT2D eigenvalue weighted by molar-refractivity contribution is 0.0963. The zero-order chi connectivity index (χ0) is 25.1. The summed E-state index contributed by atoms with van der Waals surface area (Å²) in [5.74, 6) is -2.38. The van der Waals surface area contributed by atoms with Gasteiger partial charge in [-0.15, -0.1) is 0 Å². The number of aromatic hydroxyl groups is 1. The second kappa shape index (κ2) is 9.64. The maximum atomic E-state index is 13.9. The fraction of sp³-hybridized carbons (Fsp3) is 0.0741. The minimum atomic E-state index is -0.947. The maximum Gasteiger partial charge on any atom is 0.326 e. The molecule has 0 unspecified atom stereocenters. The van der Waals surface area contributed by atoms with E-state index in [1.54, 1.807) is 31.2 Å². The predicted molar refractivity (Wildman–Crippen MR) is 132 cm³/mol. The molecule has 4 aromatic rings. The van der Waals surface area contributed by atoms with Crippen molar-refractivity contribution < 1.29 is 23.9 Å². The molecule has 0 aliphatic heterocycles. The van der Waals surface area contributed by atoms with Gasteiger partial charge >= 0.3 is 6.03 Å². The van der Waals surface area contributed by atoms with Crippen molar-refractivity contribution in [3.05, 3.63) is 101 Å². The summed E-state index contributed by atoms with van der Waals surface area (Å²) in [4.78, 5) is 38.1. The van der Waals surface area contributed by atoms with Gasteiger partial charge < -0.3 is 15.7 Å². The van der Waals surface area contributed by atoms with Crippen LogP contribution >= 0.6 is 0 Å². The average molecular weight is 471 g/mol. The maximum absolute atomic E-state index is 13.9. The Kier molecular flexibility index (Phi) is 6.46. The van der Waals surface area contributed by atoms with Crippen molar-refractivity contribution in [2.24, 2.45) is 0 Å². The number of phenols is 1. The van der Waals surface area contributed by atoms with Crippen LogP contribution in [-0.2, 0) is 0 Å². The van der Waals surface area contributed by atoms with Gasteiger partial charge in [-0.3, -0.25) is 14.9 Å². The number of anilines is 2. The van der Waals surface area contributed by atoms with Gasteiger partial charge in [-0.05, 0) is 66.1 Å². The molecule has 0 spiro atoms. The van der Waals surface area contributed by atoms with E-state index >= 15 is 0 Å². The van der Waals surface area contributed by atoms with Crippen LogP contribution in [0.1, 0.15) is 31.8 Å². The summed E-state index contributed by atoms with van der Waals surface area (Å²) >= 11 is 0. The topological polar surface area (TPSA) is 108 Å². The molecule has 176 valence electrons. The smallest absolute Gasteiger partial charge is 0.326 e. The molecule has 0 fully saturated rings. The molecule has 8 heteroatoms. The largest absolute Gasteiger partial charge is 0.507 e. The van der Waals surface area contributed by atoms with Crippen molar-refractivity contribution in [1.82, 2.24) is 5.32 Å². The third-order valence-electron chi connectivity index (χ3n) is 5.61. The number of amides is 4. The summed E-state index contributed by atoms with van der Waals surface area (Å²) in [5.41, 5.74) is 1.65. The van der Waals surface area contributed by atoms with Gasteiger partial charge in [0.1, 0.15) is 11.6 Å². The second-order valence-corrected chi connectivity index (χ2v) is 7.99. The fourth-order valence-corrected chi connectivity index (χ4v) is 3.73. The van der Waals surface area contributed by atoms with E-state index in [0.29, 0.717) is 11.3 Å². The van der Waals surface area contributed by atoms with Gasteiger partial charge in [-0.1, -0.05) is 42.5 Å². The summed E-state index contributed by atoms with van der Waals surface area (Å²) in [6.45, 7) is 3.48. The number of benzene rings is 4. The first-order valence-electron chi connectivity index (χ1n) is 10.7. The normalized spacial score (nSPS) is 10.6. The van der Waals surface area contributed by atoms with Gasteiger partial charge in [-0.25, -0.2) is 9.18 Å². The van der Waals surface area contributed by atoms with Crippen LogP contribution in [0.3, 0.4) is 0 Å². The Morgan fingerprint density at radius 2 is 1.49 bits per heavy atom. The number of halogens is 1. The van der Waals surface area contributed by atoms with Crippen LogP contribution in [0.5, 0.6) is 5.75 Å². The van der Waals surface area contributed by atoms with Crippen molar-refractivity contribution in [3.63, 3.8) is 0 Å². The molecule has 0 aromatic heterocycles. The highest BCUT2D eigenvalue weighted by Gasteiger charge is 2.20. The number of rotatable bonds is 4. The lowest BCUT2D eigenvalue weighted by Crippen LogP contribution is -2.35. The minimum Gasteiger partial charge on any atom is -0.507 e. The molecule has 0 radical (unpaired) electrons. The Morgan fingerprint density at radius 3 is 2.26 bits per heavy atom. The molecule has 7 nitrogen and oxygen atoms in total. The molecule has 4 rings (SSSR count). The van der Waals surface area contributed by atoms with Crippen LogP contribution in [0.2, 0.25) is 0 Å². The Morgan fingerprint density at radius 1 is 0.771 bits per heavy atom. The number of urea groups is 1. The molecule has 0 aliphatic carbocycles. The van der Waals surface area contributed by atoms with E-state index in [9.17, 15) is 23.9 Å². The Hall–Kier alpha value is -4.72. The monoisotopic (exact) mass is 471 g/mol. The number of nitrogens with one attached hydrogen (secondary N) is 3. The standard InChI is InChI=1S/C27H22FN3O4/c1-15-7-3-6-10-22(15)29-25(33)20-14-18(28)11-12-23(20)30-27(35)31-26(34)21-13-17-8-4-5-9-19(17)16(2)24(21)32/h3-14,32H,1-2H3,(H,29,33)(H2,30,31,34,35). The van der Waals surface area contributed by atoms with E-state index in [1.165, 1.54) is 12.1 Å². The first-order chi connectivity index (χ1) is 16.7. The van der Waals surface area contributed by atoms with Gasteiger partial charge in [0.25, 0.3) is 11.8 Å². The van der Waals surface area contributed by atoms with Crippen molar-refractivity contribution in [2.75, 3.05) is 10.6 Å². The molecule has 35 heavy (non-hydrogen) atoms. The van der Waals surface area contributed by atoms with Gasteiger partial charge in [0.05, 0.1) is 16.8 Å². The van der Waals surface area contributed by atoms with Crippen LogP contribution < -0.4 is 16.0 Å². The van der Waals surface area contributed by atoms with Crippen molar-refractivity contribution in [2.45, 2.75) is 13.8 Å². The van der Waals surface area contributed by atoms with Crippen molar-refractivity contribution in [1.29, 1.82) is 0 Å². The summed E-state index contributed by atoms with van der Waals surface area (Å²) in [6.07, 6.45) is 0. The Balaban J connectivity index is 1.54. The number of imide groups is 1. The summed E-state index contributed by atoms with van der Waals surface area (Å²) in [6, 6.07) is 18.1. The molecular weight excluding hydrogens is 449 g/mol. The predicted octanol–water partition coefficient (Wildman–Crippen LogP) is 5.52. The van der Waals surface area contributed by atoms with Crippen LogP contribution in [0.4, 0.5) is 20.6 Å². The first kappa shape index (κ1) is 23.4. The second-order valence-electron chi connectivity index (χ2n) is 7.99. The molecule has 0 saturated carbocycles. The third-order valence-corrected chi connectivity index (χ3v) is 5.61. The van der Waals surface area contributed by atoms with Crippen molar-refractivity contribution >= 4 is 40.0 Å². The SMILES string of the molecule is Cc1ccccc1NC(=O)c1cc(F)ccc1NC(=O)NC(=O)c1cc2ccccc2c(C)c1O. The Labute approximate surface area is 200 Å². The van der Waals surface area contributed by atoms with Crippen LogP contribution in [-0.4, -0.2) is 23.0 Å². The third kappa shape index (κ3) is 4.96. The molecule has 0 saturated heterocycles. The van der Waals surface area contributed by atoms with Crippen LogP contribution in [0.25, 0.3) is 10.8 Å². The lowest BCUT2D eigenvalue weighted by atomic mass is 10.00. The number of aryl methyl sites for hydroxylation is 2. The van der Waals surface area contributed by atoms with Gasteiger partial charge in [-0.2, -0.15) is 0 Å². The van der Waals surface area contributed by atoms with Crippen molar-refractivity contribution in [3.8, 4) is 5.75 Å². The number of phenolic OH excluding ortho intramolecular Hbond substituents is 1. The summed E-state index contributed by atoms with van der Waals surface area (Å²) < 4.78 is 13.9. The highest BCUT2D eigenvalue weighted by molar-refractivity contribution is 6.14. The first-order valence-corrected chi connectivity index (χ1v) is 10.7. The Bertz CT molecular complexity index is 1480. The molecule has 4 amide bonds. The molecule has 0 aliphatic rings. The molecule has 4 aromatic carbocycles. The number of fused-ring (bicyclic) bond motifs is 1. The van der Waals surface area contributed by atoms with E-state index in [4.69, 9.17) is 0 Å². The number of carbonyl (C=O) groups excluding carboxylic acids is 3. The van der Waals surface area contributed by atoms with E-state index in [1.807, 2.05) is 31.2 Å². The minimum absolute atomic E-state index is 0.00157. The number of hydrogen-bond acceptors (Lipinski definition) is 4. The zero-order valence-electron chi connectivity index (χ0n) is 19.0. The summed E-state index contributed by atoms with van der Waals surface area (Å²) in [7, 11) is 0. The molecule has 0 atom stereocenters. The van der Waals surface area contributed by atoms with Crippen LogP contribution in [0.15, 0.2) is 72.8 Å². The molecular formula is C27H22FN3O4. The lowest BCUT2D eigenvalue weighted by Gasteiger charge is -2.14. The molecule has 4 N–H and O–H groups in total. The van der Waals surface area contributed by atoms with E-state index in [2.05, 4.69) is 16.0 Å². The number of carbonyl (C=O) groups is 3. The quantitative estimate of drug-likeness (QED) is 0.315.